The Kier molecular flexibility index (Phi) is 3.64. The van der Waals surface area contributed by atoms with Crippen molar-refractivity contribution in [3.8, 4) is 0 Å². The maximum absolute atomic E-state index is 2.64. The van der Waals surface area contributed by atoms with Crippen molar-refractivity contribution in [3.63, 3.8) is 0 Å². The fraction of sp³-hybridized carbons (Fsp3) is 1.00. The fourth-order valence-corrected chi connectivity index (χ4v) is 0. The van der Waals surface area contributed by atoms with E-state index in [1.807, 2.05) is 0 Å². The van der Waals surface area contributed by atoms with E-state index in [4.69, 9.17) is 0 Å². The maximum Gasteiger partial charge on any atom is -0.00119 e. The van der Waals surface area contributed by atoms with Gasteiger partial charge in [0.15, 0.2) is 0 Å². The molecular formula is CH7N2P. The van der Waals surface area contributed by atoms with Crippen LogP contribution in [0.1, 0.15) is 0 Å². The average molecular weight is 78.1 g/mol. The lowest BCUT2D eigenvalue weighted by atomic mass is 11.5. The summed E-state index contributed by atoms with van der Waals surface area (Å²) in [7, 11) is 4.09. The zero-order chi connectivity index (χ0) is 3.41. The third-order valence-corrected chi connectivity index (χ3v) is 0.433. The van der Waals surface area contributed by atoms with E-state index < -0.39 is 0 Å². The third kappa shape index (κ3) is 2.35. The van der Waals surface area contributed by atoms with E-state index in [0.29, 0.717) is 0 Å². The van der Waals surface area contributed by atoms with Gasteiger partial charge in [-0.15, -0.1) is 0 Å². The van der Waals surface area contributed by atoms with Crippen LogP contribution in [0.25, 0.3) is 0 Å². The molecule has 0 bridgehead atoms. The molecule has 4 heavy (non-hydrogen) atoms. The number of rotatable bonds is 1. The number of hydrogen-bond acceptors (Lipinski definition) is 2. The van der Waals surface area contributed by atoms with Gasteiger partial charge in [0, 0.05) is 0 Å². The fourth-order valence-electron chi connectivity index (χ4n) is 0. The van der Waals surface area contributed by atoms with Crippen molar-refractivity contribution in [2.75, 3.05) is 7.05 Å². The Hall–Kier alpha value is 0.350. The monoisotopic (exact) mass is 78.0 g/mol. The van der Waals surface area contributed by atoms with Crippen molar-refractivity contribution in [2.24, 2.45) is 0 Å². The quantitative estimate of drug-likeness (QED) is 0.326. The molecule has 0 aromatic rings. The maximum atomic E-state index is 2.64. The van der Waals surface area contributed by atoms with E-state index in [9.17, 15) is 0 Å². The largest absolute Gasteiger partial charge is 0.258 e. The molecule has 0 amide bonds. The van der Waals surface area contributed by atoms with E-state index in [1.54, 1.807) is 7.05 Å². The van der Waals surface area contributed by atoms with Crippen molar-refractivity contribution in [3.05, 3.63) is 0 Å². The van der Waals surface area contributed by atoms with Crippen LogP contribution >= 0.6 is 9.39 Å². The molecule has 0 aliphatic carbocycles. The number of hydrogen-bond donors (Lipinski definition) is 2. The van der Waals surface area contributed by atoms with Crippen molar-refractivity contribution in [2.45, 2.75) is 0 Å². The molecule has 1 unspecified atom stereocenters. The van der Waals surface area contributed by atoms with Gasteiger partial charge in [-0.1, -0.05) is 9.39 Å². The van der Waals surface area contributed by atoms with Crippen LogP contribution in [0, 0.1) is 0 Å². The molecule has 0 aliphatic rings. The van der Waals surface area contributed by atoms with E-state index in [0.717, 1.165) is 0 Å². The molecule has 0 rings (SSSR count). The van der Waals surface area contributed by atoms with E-state index >= 15 is 0 Å². The molecule has 0 heterocycles. The summed E-state index contributed by atoms with van der Waals surface area (Å²) in [4.78, 5) is 0. The lowest BCUT2D eigenvalue weighted by Gasteiger charge is -1.81. The average Bonchev–Trinajstić information content (AvgIpc) is 1.37. The summed E-state index contributed by atoms with van der Waals surface area (Å²) in [6.45, 7) is 0. The van der Waals surface area contributed by atoms with Gasteiger partial charge in [0.25, 0.3) is 0 Å². The Labute approximate surface area is 28.2 Å². The molecule has 0 saturated carbocycles. The molecule has 0 radical (unpaired) electrons. The zero-order valence-corrected chi connectivity index (χ0v) is 3.73. The van der Waals surface area contributed by atoms with Crippen molar-refractivity contribution >= 4 is 9.39 Å². The van der Waals surface area contributed by atoms with Crippen LogP contribution in [0.4, 0.5) is 0 Å². The van der Waals surface area contributed by atoms with Crippen molar-refractivity contribution < 1.29 is 0 Å². The molecular weight excluding hydrogens is 71.0 g/mol. The van der Waals surface area contributed by atoms with Gasteiger partial charge < -0.3 is 0 Å². The highest BCUT2D eigenvalue weighted by Gasteiger charge is 1.44. The highest BCUT2D eigenvalue weighted by molar-refractivity contribution is 7.13. The normalized spacial score (nSPS) is 7.50. The molecule has 0 aromatic heterocycles. The minimum atomic E-state index is 1.80. The summed E-state index contributed by atoms with van der Waals surface area (Å²) < 4.78 is 0. The second-order valence-corrected chi connectivity index (χ2v) is 0.683. The van der Waals surface area contributed by atoms with Gasteiger partial charge in [0.1, 0.15) is 0 Å². The van der Waals surface area contributed by atoms with Crippen LogP contribution in [0.2, 0.25) is 0 Å². The third-order valence-electron chi connectivity index (χ3n) is 0.144. The van der Waals surface area contributed by atoms with Crippen molar-refractivity contribution in [1.29, 1.82) is 0 Å². The Morgan fingerprint density at radius 3 is 2.00 bits per heavy atom. The summed E-state index contributed by atoms with van der Waals surface area (Å²) in [5.74, 6) is 0. The Bertz CT molecular complexity index is 8.00. The smallest absolute Gasteiger partial charge is 0.00119 e. The molecule has 0 aliphatic heterocycles. The minimum Gasteiger partial charge on any atom is -0.258 e. The van der Waals surface area contributed by atoms with Crippen LogP contribution in [-0.2, 0) is 0 Å². The van der Waals surface area contributed by atoms with E-state index in [-0.39, 0.29) is 0 Å². The van der Waals surface area contributed by atoms with Gasteiger partial charge in [-0.25, -0.2) is 5.20 Å². The predicted molar refractivity (Wildman–Crippen MR) is 21.9 cm³/mol. The molecule has 2 nitrogen and oxygen atoms in total. The Morgan fingerprint density at radius 1 is 1.75 bits per heavy atom. The van der Waals surface area contributed by atoms with Crippen LogP contribution in [0.3, 0.4) is 0 Å². The van der Waals surface area contributed by atoms with Crippen molar-refractivity contribution in [1.82, 2.24) is 10.6 Å². The first kappa shape index (κ1) is 4.35. The number of hydrazine groups is 1. The first-order chi connectivity index (χ1) is 1.91. The van der Waals surface area contributed by atoms with Gasteiger partial charge in [-0.05, 0) is 7.05 Å². The van der Waals surface area contributed by atoms with Crippen LogP contribution in [0.5, 0.6) is 0 Å². The zero-order valence-electron chi connectivity index (χ0n) is 2.58. The van der Waals surface area contributed by atoms with Gasteiger partial charge in [-0.2, -0.15) is 0 Å². The van der Waals surface area contributed by atoms with Gasteiger partial charge in [-0.3, -0.25) is 5.43 Å². The van der Waals surface area contributed by atoms with Gasteiger partial charge >= 0.3 is 0 Å². The Balaban J connectivity index is 1.97. The topological polar surface area (TPSA) is 24.1 Å². The predicted octanol–water partition coefficient (Wildman–Crippen LogP) is -0.500. The molecule has 0 fully saturated rings. The molecule has 1 atom stereocenters. The van der Waals surface area contributed by atoms with Gasteiger partial charge in [0.05, 0.1) is 0 Å². The van der Waals surface area contributed by atoms with E-state index in [2.05, 4.69) is 20.0 Å². The summed E-state index contributed by atoms with van der Waals surface area (Å²) in [5.41, 5.74) is 2.64. The molecule has 3 heteroatoms. The van der Waals surface area contributed by atoms with E-state index in [1.165, 1.54) is 0 Å². The standard InChI is InChI=1S/CH7N2P/c1-2-3-4/h2-3H,4H2,1H3. The lowest BCUT2D eigenvalue weighted by molar-refractivity contribution is 0.818. The highest BCUT2D eigenvalue weighted by atomic mass is 31.0. The highest BCUT2D eigenvalue weighted by Crippen LogP contribution is 1.49. The molecule has 0 spiro atoms. The summed E-state index contributed by atoms with van der Waals surface area (Å²) >= 11 is 0. The first-order valence-electron chi connectivity index (χ1n) is 1.04. The second kappa shape index (κ2) is 3.35. The molecule has 2 N–H and O–H groups in total. The summed E-state index contributed by atoms with van der Waals surface area (Å²) in [5, 5.41) is 2.60. The SMILES string of the molecule is CNNP. The first-order valence-corrected chi connectivity index (χ1v) is 1.62. The van der Waals surface area contributed by atoms with Crippen LogP contribution in [0.15, 0.2) is 0 Å². The lowest BCUT2D eigenvalue weighted by Crippen LogP contribution is -2.14. The second-order valence-electron chi connectivity index (χ2n) is 0.394. The molecule has 0 saturated heterocycles. The molecule has 0 aromatic carbocycles. The Morgan fingerprint density at radius 2 is 2.00 bits per heavy atom. The minimum absolute atomic E-state index is 1.80. The summed E-state index contributed by atoms with van der Waals surface area (Å²) in [6.07, 6.45) is 0. The summed E-state index contributed by atoms with van der Waals surface area (Å²) in [6, 6.07) is 0. The van der Waals surface area contributed by atoms with Crippen LogP contribution < -0.4 is 10.6 Å². The van der Waals surface area contributed by atoms with Gasteiger partial charge in [0.2, 0.25) is 0 Å². The number of nitrogens with one attached hydrogen (secondary N) is 2. The molecule has 26 valence electrons. The van der Waals surface area contributed by atoms with Crippen LogP contribution in [-0.4, -0.2) is 7.05 Å².